The molecular weight excluding hydrogens is 311 g/mol. The summed E-state index contributed by atoms with van der Waals surface area (Å²) in [6, 6.07) is 5.79. The summed E-state index contributed by atoms with van der Waals surface area (Å²) in [5.74, 6) is -1.74. The summed E-state index contributed by atoms with van der Waals surface area (Å²) < 4.78 is 36.2. The number of hydrogen-bond acceptors (Lipinski definition) is 3. The number of para-hydroxylation sites is 1. The van der Waals surface area contributed by atoms with Gasteiger partial charge in [0.1, 0.15) is 6.42 Å². The second-order valence-electron chi connectivity index (χ2n) is 3.93. The molecule has 9 heteroatoms. The number of halogens is 4. The summed E-state index contributed by atoms with van der Waals surface area (Å²) >= 11 is 0. The second kappa shape index (κ2) is 8.48. The third-order valence-corrected chi connectivity index (χ3v) is 2.24. The lowest BCUT2D eigenvalue weighted by atomic mass is 10.1. The van der Waals surface area contributed by atoms with Crippen LogP contribution >= 0.6 is 12.4 Å². The van der Waals surface area contributed by atoms with Gasteiger partial charge in [-0.15, -0.1) is 12.4 Å². The highest BCUT2D eigenvalue weighted by atomic mass is 35.5. The largest absolute Gasteiger partial charge is 0.397 e. The van der Waals surface area contributed by atoms with Crippen molar-refractivity contribution in [2.75, 3.05) is 18.4 Å². The average molecular weight is 326 g/mol. The van der Waals surface area contributed by atoms with Crippen LogP contribution in [0.2, 0.25) is 0 Å². The number of nitrogens with one attached hydrogen (secondary N) is 2. The van der Waals surface area contributed by atoms with Crippen LogP contribution in [0.3, 0.4) is 0 Å². The molecule has 0 saturated carbocycles. The average Bonchev–Trinajstić information content (AvgIpc) is 2.34. The SMILES string of the molecule is Cl.NCCNC(=O)c1ccccc1NC(=O)CC(F)(F)F. The summed E-state index contributed by atoms with van der Waals surface area (Å²) in [6.45, 7) is 0.456. The molecule has 1 rings (SSSR count). The van der Waals surface area contributed by atoms with E-state index in [1.807, 2.05) is 0 Å². The Kier molecular flexibility index (Phi) is 7.75. The van der Waals surface area contributed by atoms with Gasteiger partial charge in [0, 0.05) is 13.1 Å². The molecule has 0 aliphatic rings. The molecule has 0 radical (unpaired) electrons. The van der Waals surface area contributed by atoms with Gasteiger partial charge in [-0.25, -0.2) is 0 Å². The van der Waals surface area contributed by atoms with E-state index >= 15 is 0 Å². The summed E-state index contributed by atoms with van der Waals surface area (Å²) in [7, 11) is 0. The topological polar surface area (TPSA) is 84.2 Å². The lowest BCUT2D eigenvalue weighted by molar-refractivity contribution is -0.150. The molecule has 0 unspecified atom stereocenters. The lowest BCUT2D eigenvalue weighted by Crippen LogP contribution is -2.30. The van der Waals surface area contributed by atoms with Crippen molar-refractivity contribution in [3.63, 3.8) is 0 Å². The molecule has 4 N–H and O–H groups in total. The predicted molar refractivity (Wildman–Crippen MR) is 74.4 cm³/mol. The second-order valence-corrected chi connectivity index (χ2v) is 3.93. The smallest absolute Gasteiger partial charge is 0.351 e. The van der Waals surface area contributed by atoms with Crippen molar-refractivity contribution in [3.8, 4) is 0 Å². The number of hydrogen-bond donors (Lipinski definition) is 3. The fourth-order valence-electron chi connectivity index (χ4n) is 1.45. The van der Waals surface area contributed by atoms with E-state index in [2.05, 4.69) is 10.6 Å². The maximum Gasteiger partial charge on any atom is 0.397 e. The lowest BCUT2D eigenvalue weighted by Gasteiger charge is -2.12. The first kappa shape index (κ1) is 19.2. The van der Waals surface area contributed by atoms with Crippen molar-refractivity contribution in [1.82, 2.24) is 5.32 Å². The van der Waals surface area contributed by atoms with Crippen molar-refractivity contribution in [1.29, 1.82) is 0 Å². The maximum atomic E-state index is 12.1. The summed E-state index contributed by atoms with van der Waals surface area (Å²) in [6.07, 6.45) is -6.20. The third kappa shape index (κ3) is 6.96. The first-order chi connectivity index (χ1) is 9.33. The van der Waals surface area contributed by atoms with Gasteiger partial charge in [-0.2, -0.15) is 13.2 Å². The zero-order valence-corrected chi connectivity index (χ0v) is 11.7. The molecule has 21 heavy (non-hydrogen) atoms. The van der Waals surface area contributed by atoms with E-state index in [1.54, 1.807) is 0 Å². The Morgan fingerprint density at radius 2 is 1.81 bits per heavy atom. The minimum absolute atomic E-state index is 0. The van der Waals surface area contributed by atoms with E-state index in [1.165, 1.54) is 24.3 Å². The van der Waals surface area contributed by atoms with Gasteiger partial charge in [-0.1, -0.05) is 12.1 Å². The molecule has 0 heterocycles. The molecule has 0 bridgehead atoms. The van der Waals surface area contributed by atoms with Crippen LogP contribution in [0.1, 0.15) is 16.8 Å². The highest BCUT2D eigenvalue weighted by Crippen LogP contribution is 2.21. The number of nitrogens with two attached hydrogens (primary N) is 1. The van der Waals surface area contributed by atoms with E-state index in [-0.39, 0.29) is 36.7 Å². The number of amides is 2. The van der Waals surface area contributed by atoms with E-state index in [0.717, 1.165) is 0 Å². The number of benzene rings is 1. The molecule has 118 valence electrons. The third-order valence-electron chi connectivity index (χ3n) is 2.24. The zero-order valence-electron chi connectivity index (χ0n) is 10.9. The van der Waals surface area contributed by atoms with Gasteiger partial charge in [0.05, 0.1) is 11.3 Å². The highest BCUT2D eigenvalue weighted by molar-refractivity contribution is 6.03. The monoisotopic (exact) mass is 325 g/mol. The van der Waals surface area contributed by atoms with Gasteiger partial charge in [-0.05, 0) is 12.1 Å². The Morgan fingerprint density at radius 1 is 1.19 bits per heavy atom. The molecule has 0 aliphatic carbocycles. The van der Waals surface area contributed by atoms with Crippen molar-refractivity contribution < 1.29 is 22.8 Å². The van der Waals surface area contributed by atoms with Crippen molar-refractivity contribution in [2.24, 2.45) is 5.73 Å². The van der Waals surface area contributed by atoms with Crippen LogP contribution < -0.4 is 16.4 Å². The Bertz CT molecular complexity index is 495. The van der Waals surface area contributed by atoms with E-state index < -0.39 is 24.4 Å². The van der Waals surface area contributed by atoms with Crippen molar-refractivity contribution >= 4 is 29.9 Å². The van der Waals surface area contributed by atoms with Crippen LogP contribution in [-0.2, 0) is 4.79 Å². The van der Waals surface area contributed by atoms with Crippen molar-refractivity contribution in [2.45, 2.75) is 12.6 Å². The highest BCUT2D eigenvalue weighted by Gasteiger charge is 2.31. The summed E-state index contributed by atoms with van der Waals surface area (Å²) in [5.41, 5.74) is 5.34. The molecule has 1 aromatic rings. The number of rotatable bonds is 5. The van der Waals surface area contributed by atoms with Crippen LogP contribution in [-0.4, -0.2) is 31.1 Å². The standard InChI is InChI=1S/C12H14F3N3O2.ClH/c13-12(14,15)7-10(19)18-9-4-2-1-3-8(9)11(20)17-6-5-16;/h1-4H,5-7,16H2,(H,17,20)(H,18,19);1H. The number of carbonyl (C=O) groups is 2. The van der Waals surface area contributed by atoms with Gasteiger partial charge in [0.15, 0.2) is 0 Å². The zero-order chi connectivity index (χ0) is 15.2. The van der Waals surface area contributed by atoms with Gasteiger partial charge >= 0.3 is 6.18 Å². The fraction of sp³-hybridized carbons (Fsp3) is 0.333. The van der Waals surface area contributed by atoms with Crippen LogP contribution in [0.15, 0.2) is 24.3 Å². The molecule has 5 nitrogen and oxygen atoms in total. The predicted octanol–water partition coefficient (Wildman–Crippen LogP) is 1.69. The molecule has 0 atom stereocenters. The summed E-state index contributed by atoms with van der Waals surface area (Å²) in [5, 5.41) is 4.55. The van der Waals surface area contributed by atoms with Crippen LogP contribution in [0.5, 0.6) is 0 Å². The van der Waals surface area contributed by atoms with E-state index in [9.17, 15) is 22.8 Å². The minimum Gasteiger partial charge on any atom is -0.351 e. The van der Waals surface area contributed by atoms with E-state index in [0.29, 0.717) is 0 Å². The van der Waals surface area contributed by atoms with Gasteiger partial charge in [0.2, 0.25) is 5.91 Å². The Morgan fingerprint density at radius 3 is 2.38 bits per heavy atom. The van der Waals surface area contributed by atoms with E-state index in [4.69, 9.17) is 5.73 Å². The normalized spacial score (nSPS) is 10.5. The first-order valence-electron chi connectivity index (χ1n) is 5.77. The Balaban J connectivity index is 0.00000400. The van der Waals surface area contributed by atoms with Crippen LogP contribution in [0.25, 0.3) is 0 Å². The molecule has 0 fully saturated rings. The maximum absolute atomic E-state index is 12.1. The molecule has 0 aromatic heterocycles. The van der Waals surface area contributed by atoms with Gasteiger partial charge in [0.25, 0.3) is 5.91 Å². The molecule has 0 saturated heterocycles. The molecule has 2 amide bonds. The Labute approximate surface area is 125 Å². The summed E-state index contributed by atoms with van der Waals surface area (Å²) in [4.78, 5) is 23.0. The molecule has 0 aliphatic heterocycles. The van der Waals surface area contributed by atoms with Crippen LogP contribution in [0, 0.1) is 0 Å². The number of alkyl halides is 3. The number of anilines is 1. The van der Waals surface area contributed by atoms with Gasteiger partial charge in [-0.3, -0.25) is 9.59 Å². The first-order valence-corrected chi connectivity index (χ1v) is 5.77. The van der Waals surface area contributed by atoms with Gasteiger partial charge < -0.3 is 16.4 Å². The molecule has 0 spiro atoms. The molecule has 1 aromatic carbocycles. The quantitative estimate of drug-likeness (QED) is 0.770. The number of carbonyl (C=O) groups excluding carboxylic acids is 2. The minimum atomic E-state index is -4.60. The molecular formula is C12H15ClF3N3O2. The van der Waals surface area contributed by atoms with Crippen LogP contribution in [0.4, 0.5) is 18.9 Å². The van der Waals surface area contributed by atoms with Crippen molar-refractivity contribution in [3.05, 3.63) is 29.8 Å². The fourth-order valence-corrected chi connectivity index (χ4v) is 1.45. The Hall–Kier alpha value is -1.80.